The first kappa shape index (κ1) is 14.4. The van der Waals surface area contributed by atoms with Crippen molar-refractivity contribution < 1.29 is 13.4 Å². The van der Waals surface area contributed by atoms with Crippen molar-refractivity contribution in [2.24, 2.45) is 7.05 Å². The van der Waals surface area contributed by atoms with Gasteiger partial charge in [-0.25, -0.2) is 8.96 Å². The number of furan rings is 1. The van der Waals surface area contributed by atoms with E-state index in [0.29, 0.717) is 16.6 Å². The molecule has 0 amide bonds. The van der Waals surface area contributed by atoms with Gasteiger partial charge < -0.3 is 4.42 Å². The number of aryl methyl sites for hydroxylation is 2. The van der Waals surface area contributed by atoms with Crippen LogP contribution in [0.4, 0.5) is 4.39 Å². The molecule has 0 N–H and O–H groups in total. The van der Waals surface area contributed by atoms with Gasteiger partial charge in [-0.2, -0.15) is 5.26 Å². The number of nitriles is 1. The second-order valence-corrected chi connectivity index (χ2v) is 5.91. The van der Waals surface area contributed by atoms with E-state index in [1.165, 1.54) is 6.07 Å². The Labute approximate surface area is 138 Å². The molecular weight excluding hydrogens is 303 g/mol. The van der Waals surface area contributed by atoms with Crippen molar-refractivity contribution in [1.82, 2.24) is 0 Å². The zero-order valence-corrected chi connectivity index (χ0v) is 13.3. The molecule has 24 heavy (non-hydrogen) atoms. The highest BCUT2D eigenvalue weighted by molar-refractivity contribution is 6.07. The summed E-state index contributed by atoms with van der Waals surface area (Å²) in [6.07, 6.45) is 1.98. The summed E-state index contributed by atoms with van der Waals surface area (Å²) in [4.78, 5) is 0. The molecule has 0 aliphatic rings. The van der Waals surface area contributed by atoms with Gasteiger partial charge in [0.25, 0.3) is 0 Å². The molecule has 4 heteroatoms. The molecule has 2 heterocycles. The van der Waals surface area contributed by atoms with Gasteiger partial charge in [0.1, 0.15) is 24.0 Å². The third-order valence-electron chi connectivity index (χ3n) is 4.33. The van der Waals surface area contributed by atoms with Crippen molar-refractivity contribution in [3.05, 3.63) is 65.6 Å². The molecule has 0 unspecified atom stereocenters. The predicted octanol–water partition coefficient (Wildman–Crippen LogP) is 4.40. The van der Waals surface area contributed by atoms with E-state index in [4.69, 9.17) is 9.68 Å². The van der Waals surface area contributed by atoms with Crippen LogP contribution >= 0.6 is 0 Å². The average molecular weight is 317 g/mol. The highest BCUT2D eigenvalue weighted by Gasteiger charge is 2.18. The summed E-state index contributed by atoms with van der Waals surface area (Å²) in [7, 11) is 1.98. The first-order chi connectivity index (χ1) is 11.6. The molecule has 0 bridgehead atoms. The monoisotopic (exact) mass is 317 g/mol. The summed E-state index contributed by atoms with van der Waals surface area (Å²) in [5.41, 5.74) is 4.39. The van der Waals surface area contributed by atoms with Crippen molar-refractivity contribution in [3.8, 4) is 17.3 Å². The van der Waals surface area contributed by atoms with E-state index in [1.807, 2.05) is 61.1 Å². The first-order valence-electron chi connectivity index (χ1n) is 7.60. The van der Waals surface area contributed by atoms with Crippen LogP contribution in [0.25, 0.3) is 33.2 Å². The molecule has 0 spiro atoms. The van der Waals surface area contributed by atoms with Crippen LogP contribution in [-0.2, 0) is 7.05 Å². The molecule has 0 aliphatic carbocycles. The maximum atomic E-state index is 14.4. The summed E-state index contributed by atoms with van der Waals surface area (Å²) in [6, 6.07) is 14.6. The Bertz CT molecular complexity index is 1150. The molecule has 0 aliphatic heterocycles. The van der Waals surface area contributed by atoms with Crippen molar-refractivity contribution in [3.63, 3.8) is 0 Å². The Hall–Kier alpha value is -3.19. The van der Waals surface area contributed by atoms with Crippen molar-refractivity contribution in [2.45, 2.75) is 6.92 Å². The van der Waals surface area contributed by atoms with Gasteiger partial charge in [-0.3, -0.25) is 0 Å². The number of rotatable bonds is 1. The Morgan fingerprint density at radius 1 is 1.12 bits per heavy atom. The number of halogens is 1. The molecule has 4 rings (SSSR count). The number of aromatic nitrogens is 1. The van der Waals surface area contributed by atoms with Gasteiger partial charge in [0.05, 0.1) is 22.6 Å². The summed E-state index contributed by atoms with van der Waals surface area (Å²) < 4.78 is 22.3. The Morgan fingerprint density at radius 3 is 2.71 bits per heavy atom. The second kappa shape index (κ2) is 5.17. The Balaban J connectivity index is 2.06. The topological polar surface area (TPSA) is 40.8 Å². The van der Waals surface area contributed by atoms with E-state index in [-0.39, 0.29) is 5.56 Å². The standard InChI is InChI=1S/C20H14FN2O/c1-12-7-15-18(10-14(12)17-5-3-4-6-23(17)2)24-19-9-13(11-22)8-16(21)20(15)19/h3-10H,1-2H3/q+1. The fourth-order valence-corrected chi connectivity index (χ4v) is 3.15. The van der Waals surface area contributed by atoms with Crippen LogP contribution < -0.4 is 4.57 Å². The van der Waals surface area contributed by atoms with Crippen LogP contribution in [0.5, 0.6) is 0 Å². The van der Waals surface area contributed by atoms with E-state index in [0.717, 1.165) is 22.2 Å². The molecule has 0 saturated carbocycles. The largest absolute Gasteiger partial charge is 0.456 e. The van der Waals surface area contributed by atoms with Crippen LogP contribution in [0.15, 0.2) is 53.1 Å². The minimum Gasteiger partial charge on any atom is -0.456 e. The minimum atomic E-state index is -0.430. The lowest BCUT2D eigenvalue weighted by Gasteiger charge is -2.04. The number of fused-ring (bicyclic) bond motifs is 3. The molecule has 0 atom stereocenters. The number of hydrogen-bond acceptors (Lipinski definition) is 2. The minimum absolute atomic E-state index is 0.255. The number of pyridine rings is 1. The molecule has 0 radical (unpaired) electrons. The highest BCUT2D eigenvalue weighted by Crippen LogP contribution is 2.35. The van der Waals surface area contributed by atoms with E-state index in [2.05, 4.69) is 0 Å². The van der Waals surface area contributed by atoms with Crippen molar-refractivity contribution in [2.75, 3.05) is 0 Å². The summed E-state index contributed by atoms with van der Waals surface area (Å²) >= 11 is 0. The summed E-state index contributed by atoms with van der Waals surface area (Å²) in [6.45, 7) is 2.00. The predicted molar refractivity (Wildman–Crippen MR) is 89.7 cm³/mol. The van der Waals surface area contributed by atoms with Gasteiger partial charge >= 0.3 is 0 Å². The fourth-order valence-electron chi connectivity index (χ4n) is 3.15. The summed E-state index contributed by atoms with van der Waals surface area (Å²) in [5, 5.41) is 10.2. The number of hydrogen-bond donors (Lipinski definition) is 0. The van der Waals surface area contributed by atoms with E-state index in [9.17, 15) is 4.39 Å². The molecule has 0 saturated heterocycles. The molecule has 3 nitrogen and oxygen atoms in total. The van der Waals surface area contributed by atoms with Gasteiger partial charge in [0.15, 0.2) is 6.20 Å². The van der Waals surface area contributed by atoms with Gasteiger partial charge in [-0.1, -0.05) is 0 Å². The van der Waals surface area contributed by atoms with Crippen LogP contribution in [0.1, 0.15) is 11.1 Å². The van der Waals surface area contributed by atoms with Crippen molar-refractivity contribution >= 4 is 21.9 Å². The quantitative estimate of drug-likeness (QED) is 0.488. The normalized spacial score (nSPS) is 11.1. The Kier molecular flexibility index (Phi) is 3.10. The summed E-state index contributed by atoms with van der Waals surface area (Å²) in [5.74, 6) is -0.430. The van der Waals surface area contributed by atoms with Crippen LogP contribution in [0.2, 0.25) is 0 Å². The zero-order valence-electron chi connectivity index (χ0n) is 13.3. The SMILES string of the molecule is Cc1cc2c(cc1-c1cccc[n+]1C)oc1cc(C#N)cc(F)c12. The van der Waals surface area contributed by atoms with Crippen molar-refractivity contribution in [1.29, 1.82) is 5.26 Å². The third-order valence-corrected chi connectivity index (χ3v) is 4.33. The van der Waals surface area contributed by atoms with Crippen LogP contribution in [0.3, 0.4) is 0 Å². The second-order valence-electron chi connectivity index (χ2n) is 5.91. The van der Waals surface area contributed by atoms with Gasteiger partial charge in [0, 0.05) is 17.5 Å². The molecule has 116 valence electrons. The van der Waals surface area contributed by atoms with E-state index >= 15 is 0 Å². The molecule has 2 aromatic heterocycles. The van der Waals surface area contributed by atoms with Crippen LogP contribution in [0, 0.1) is 24.1 Å². The first-order valence-corrected chi connectivity index (χ1v) is 7.60. The smallest absolute Gasteiger partial charge is 0.212 e. The molecule has 2 aromatic carbocycles. The maximum Gasteiger partial charge on any atom is 0.212 e. The third kappa shape index (κ3) is 2.06. The zero-order chi connectivity index (χ0) is 16.8. The van der Waals surface area contributed by atoms with Gasteiger partial charge in [-0.15, -0.1) is 0 Å². The lowest BCUT2D eigenvalue weighted by molar-refractivity contribution is -0.660. The maximum absolute atomic E-state index is 14.4. The molecular formula is C20H14FN2O+. The number of benzene rings is 2. The van der Waals surface area contributed by atoms with Crippen LogP contribution in [-0.4, -0.2) is 0 Å². The lowest BCUT2D eigenvalue weighted by atomic mass is 10.0. The van der Waals surface area contributed by atoms with Gasteiger partial charge in [-0.05, 0) is 42.8 Å². The molecule has 4 aromatic rings. The Morgan fingerprint density at radius 2 is 1.96 bits per heavy atom. The number of nitrogens with zero attached hydrogens (tertiary/aromatic N) is 2. The lowest BCUT2D eigenvalue weighted by Crippen LogP contribution is -2.30. The average Bonchev–Trinajstić information content (AvgIpc) is 2.92. The fraction of sp³-hybridized carbons (Fsp3) is 0.100. The van der Waals surface area contributed by atoms with E-state index < -0.39 is 5.82 Å². The highest BCUT2D eigenvalue weighted by atomic mass is 19.1. The van der Waals surface area contributed by atoms with Gasteiger partial charge in [0.2, 0.25) is 5.69 Å². The van der Waals surface area contributed by atoms with E-state index in [1.54, 1.807) is 6.07 Å². The molecule has 0 fully saturated rings.